The van der Waals surface area contributed by atoms with Gasteiger partial charge in [-0.15, -0.1) is 0 Å². The van der Waals surface area contributed by atoms with E-state index in [-0.39, 0.29) is 6.61 Å². The third-order valence-corrected chi connectivity index (χ3v) is 0.632. The molecular weight excluding hydrogens is 122 g/mol. The smallest absolute Gasteiger partial charge is 0.349 e. The molecule has 0 rings (SSSR count). The molecule has 0 saturated heterocycles. The lowest BCUT2D eigenvalue weighted by Crippen LogP contribution is -2.20. The quantitative estimate of drug-likeness (QED) is 0.400. The molecule has 0 fully saturated rings. The average molecular weight is 129 g/mol. The summed E-state index contributed by atoms with van der Waals surface area (Å²) in [5.74, 6) is -0.889. The van der Waals surface area contributed by atoms with E-state index in [0.29, 0.717) is 0 Å². The van der Waals surface area contributed by atoms with Crippen LogP contribution in [-0.2, 0) is 9.53 Å². The monoisotopic (exact) mass is 129 g/mol. The minimum absolute atomic E-state index is 0.178. The number of aliphatic hydroxyl groups is 1. The van der Waals surface area contributed by atoms with Gasteiger partial charge in [0.25, 0.3) is 0 Å². The average Bonchev–Trinajstić information content (AvgIpc) is 1.87. The van der Waals surface area contributed by atoms with Crippen LogP contribution in [-0.4, -0.2) is 23.8 Å². The van der Waals surface area contributed by atoms with E-state index in [2.05, 4.69) is 4.74 Å². The van der Waals surface area contributed by atoms with Gasteiger partial charge in [0.15, 0.2) is 0 Å². The van der Waals surface area contributed by atoms with Crippen LogP contribution in [0.3, 0.4) is 0 Å². The predicted octanol–water partition coefficient (Wildman–Crippen LogP) is -0.566. The molecule has 0 bridgehead atoms. The molecule has 0 radical (unpaired) electrons. The number of carbonyl (C=O) groups excluding carboxylic acids is 1. The third kappa shape index (κ3) is 2.67. The molecule has 0 aliphatic carbocycles. The largest absolute Gasteiger partial charge is 0.463 e. The lowest BCUT2D eigenvalue weighted by molar-refractivity contribution is -0.149. The van der Waals surface area contributed by atoms with Crippen LogP contribution in [0.15, 0.2) is 0 Å². The van der Waals surface area contributed by atoms with Crippen molar-refractivity contribution in [1.82, 2.24) is 0 Å². The number of aliphatic hydroxyl groups excluding tert-OH is 1. The van der Waals surface area contributed by atoms with E-state index in [1.807, 2.05) is 0 Å². The highest BCUT2D eigenvalue weighted by atomic mass is 16.5. The number of hydrogen-bond donors (Lipinski definition) is 1. The van der Waals surface area contributed by atoms with Crippen molar-refractivity contribution >= 4 is 5.97 Å². The molecule has 4 nitrogen and oxygen atoms in total. The van der Waals surface area contributed by atoms with Crippen molar-refractivity contribution in [2.24, 2.45) is 0 Å². The number of ether oxygens (including phenoxy) is 1. The van der Waals surface area contributed by atoms with Gasteiger partial charge in [-0.2, -0.15) is 5.26 Å². The molecular formula is C5H7NO3. The van der Waals surface area contributed by atoms with Crippen molar-refractivity contribution in [2.45, 2.75) is 13.0 Å². The fourth-order valence-electron chi connectivity index (χ4n) is 0.274. The molecule has 9 heavy (non-hydrogen) atoms. The first-order chi connectivity index (χ1) is 4.22. The molecule has 50 valence electrons. The summed E-state index contributed by atoms with van der Waals surface area (Å²) in [7, 11) is 0. The molecule has 0 aliphatic heterocycles. The molecule has 4 heteroatoms. The lowest BCUT2D eigenvalue weighted by atomic mass is 10.4. The Kier molecular flexibility index (Phi) is 3.40. The molecule has 0 aromatic carbocycles. The van der Waals surface area contributed by atoms with E-state index >= 15 is 0 Å². The minimum Gasteiger partial charge on any atom is -0.463 e. The summed E-state index contributed by atoms with van der Waals surface area (Å²) >= 11 is 0. The van der Waals surface area contributed by atoms with Crippen LogP contribution in [0.4, 0.5) is 0 Å². The topological polar surface area (TPSA) is 70.3 Å². The van der Waals surface area contributed by atoms with Gasteiger partial charge in [-0.05, 0) is 6.92 Å². The second-order valence-electron chi connectivity index (χ2n) is 1.28. The predicted molar refractivity (Wildman–Crippen MR) is 28.3 cm³/mol. The van der Waals surface area contributed by atoms with Crippen LogP contribution in [0.5, 0.6) is 0 Å². The van der Waals surface area contributed by atoms with E-state index < -0.39 is 12.1 Å². The van der Waals surface area contributed by atoms with Crippen LogP contribution in [0.1, 0.15) is 6.92 Å². The van der Waals surface area contributed by atoms with E-state index in [1.54, 1.807) is 6.92 Å². The molecule has 0 amide bonds. The lowest BCUT2D eigenvalue weighted by Gasteiger charge is -1.99. The van der Waals surface area contributed by atoms with Gasteiger partial charge in [0.2, 0.25) is 6.10 Å². The third-order valence-electron chi connectivity index (χ3n) is 0.632. The Morgan fingerprint density at radius 1 is 2.00 bits per heavy atom. The van der Waals surface area contributed by atoms with Crippen LogP contribution in [0, 0.1) is 11.3 Å². The molecule has 0 aromatic rings. The SMILES string of the molecule is CCOC(=O)C(O)C#N. The Labute approximate surface area is 52.7 Å². The molecule has 0 heterocycles. The highest BCUT2D eigenvalue weighted by Gasteiger charge is 2.13. The first-order valence-corrected chi connectivity index (χ1v) is 2.46. The molecule has 0 spiro atoms. The normalized spacial score (nSPS) is 11.7. The Bertz CT molecular complexity index is 138. The summed E-state index contributed by atoms with van der Waals surface area (Å²) in [5.41, 5.74) is 0. The van der Waals surface area contributed by atoms with Crippen molar-refractivity contribution in [3.05, 3.63) is 0 Å². The fraction of sp³-hybridized carbons (Fsp3) is 0.600. The van der Waals surface area contributed by atoms with Gasteiger partial charge in [-0.25, -0.2) is 4.79 Å². The summed E-state index contributed by atoms with van der Waals surface area (Å²) < 4.78 is 4.28. The number of nitrogens with zero attached hydrogens (tertiary/aromatic N) is 1. The second-order valence-corrected chi connectivity index (χ2v) is 1.28. The van der Waals surface area contributed by atoms with Crippen molar-refractivity contribution in [2.75, 3.05) is 6.61 Å². The second kappa shape index (κ2) is 3.87. The number of carbonyl (C=O) groups is 1. The van der Waals surface area contributed by atoms with E-state index in [4.69, 9.17) is 10.4 Å². The van der Waals surface area contributed by atoms with Crippen molar-refractivity contribution in [1.29, 1.82) is 5.26 Å². The Morgan fingerprint density at radius 3 is 2.89 bits per heavy atom. The zero-order valence-corrected chi connectivity index (χ0v) is 5.00. The number of nitriles is 1. The molecule has 1 N–H and O–H groups in total. The Balaban J connectivity index is 3.63. The first kappa shape index (κ1) is 7.92. The van der Waals surface area contributed by atoms with Crippen molar-refractivity contribution in [3.63, 3.8) is 0 Å². The summed E-state index contributed by atoms with van der Waals surface area (Å²) in [4.78, 5) is 10.3. The highest BCUT2D eigenvalue weighted by Crippen LogP contribution is 1.84. The zero-order valence-electron chi connectivity index (χ0n) is 5.00. The summed E-state index contributed by atoms with van der Waals surface area (Å²) in [6.45, 7) is 1.78. The highest BCUT2D eigenvalue weighted by molar-refractivity contribution is 5.77. The maximum absolute atomic E-state index is 10.3. The first-order valence-electron chi connectivity index (χ1n) is 2.46. The number of hydrogen-bond acceptors (Lipinski definition) is 4. The minimum atomic E-state index is -1.63. The standard InChI is InChI=1S/C5H7NO3/c1-2-9-5(8)4(7)3-6/h4,7H,2H2,1H3. The van der Waals surface area contributed by atoms with Crippen LogP contribution in [0.2, 0.25) is 0 Å². The Hall–Kier alpha value is -1.08. The van der Waals surface area contributed by atoms with Gasteiger partial charge < -0.3 is 9.84 Å². The summed E-state index contributed by atoms with van der Waals surface area (Å²) in [5, 5.41) is 16.4. The maximum atomic E-state index is 10.3. The molecule has 0 aliphatic rings. The molecule has 0 saturated carbocycles. The maximum Gasteiger partial charge on any atom is 0.349 e. The van der Waals surface area contributed by atoms with Gasteiger partial charge in [0, 0.05) is 0 Å². The Morgan fingerprint density at radius 2 is 2.56 bits per heavy atom. The van der Waals surface area contributed by atoms with Gasteiger partial charge >= 0.3 is 5.97 Å². The fourth-order valence-corrected chi connectivity index (χ4v) is 0.274. The van der Waals surface area contributed by atoms with Crippen LogP contribution in [0.25, 0.3) is 0 Å². The van der Waals surface area contributed by atoms with E-state index in [0.717, 1.165) is 0 Å². The van der Waals surface area contributed by atoms with Crippen molar-refractivity contribution < 1.29 is 14.6 Å². The van der Waals surface area contributed by atoms with Gasteiger partial charge in [-0.1, -0.05) is 0 Å². The van der Waals surface area contributed by atoms with E-state index in [1.165, 1.54) is 6.07 Å². The van der Waals surface area contributed by atoms with E-state index in [9.17, 15) is 4.79 Å². The van der Waals surface area contributed by atoms with Crippen LogP contribution >= 0.6 is 0 Å². The zero-order chi connectivity index (χ0) is 7.28. The summed E-state index contributed by atoms with van der Waals surface area (Å²) in [6, 6.07) is 1.33. The summed E-state index contributed by atoms with van der Waals surface area (Å²) in [6.07, 6.45) is -1.63. The molecule has 1 unspecified atom stereocenters. The van der Waals surface area contributed by atoms with Crippen LogP contribution < -0.4 is 0 Å². The van der Waals surface area contributed by atoms with Crippen molar-refractivity contribution in [3.8, 4) is 6.07 Å². The molecule has 0 aromatic heterocycles. The van der Waals surface area contributed by atoms with Gasteiger partial charge in [0.1, 0.15) is 6.07 Å². The molecule has 1 atom stereocenters. The van der Waals surface area contributed by atoms with Gasteiger partial charge in [-0.3, -0.25) is 0 Å². The van der Waals surface area contributed by atoms with Gasteiger partial charge in [0.05, 0.1) is 6.61 Å². The number of esters is 1. The number of rotatable bonds is 2.